The van der Waals surface area contributed by atoms with Gasteiger partial charge in [-0.15, -0.1) is 11.3 Å². The molecule has 0 spiro atoms. The van der Waals surface area contributed by atoms with Gasteiger partial charge in [0.15, 0.2) is 5.13 Å². The van der Waals surface area contributed by atoms with E-state index in [-0.39, 0.29) is 11.3 Å². The maximum absolute atomic E-state index is 12.6. The molecule has 0 aliphatic heterocycles. The highest BCUT2D eigenvalue weighted by Gasteiger charge is 2.16. The summed E-state index contributed by atoms with van der Waals surface area (Å²) in [4.78, 5) is 17.1. The molecule has 6 heteroatoms. The summed E-state index contributed by atoms with van der Waals surface area (Å²) in [5, 5.41) is 5.29. The van der Waals surface area contributed by atoms with Gasteiger partial charge in [0, 0.05) is 16.5 Å². The Morgan fingerprint density at radius 1 is 1.04 bits per heavy atom. The lowest BCUT2D eigenvalue weighted by Crippen LogP contribution is -2.14. The molecule has 2 aromatic carbocycles. The molecule has 1 aromatic heterocycles. The van der Waals surface area contributed by atoms with E-state index < -0.39 is 0 Å². The standard InChI is InChI=1S/C22H24N2O3S/c1-22(2,3)15-8-6-14(7-9-15)20(25)24-21-23-18(13-28-21)17-12-16(26-4)10-11-19(17)27-5/h6-13H,1-5H3,(H,23,24,25). The number of aromatic nitrogens is 1. The Morgan fingerprint density at radius 3 is 2.36 bits per heavy atom. The normalized spacial score (nSPS) is 11.2. The third-order valence-corrected chi connectivity index (χ3v) is 5.18. The molecular formula is C22H24N2O3S. The van der Waals surface area contributed by atoms with Crippen LogP contribution < -0.4 is 14.8 Å². The van der Waals surface area contributed by atoms with Crippen molar-refractivity contribution in [3.05, 3.63) is 59.0 Å². The van der Waals surface area contributed by atoms with Crippen LogP contribution in [0.1, 0.15) is 36.7 Å². The highest BCUT2D eigenvalue weighted by molar-refractivity contribution is 7.14. The van der Waals surface area contributed by atoms with Gasteiger partial charge in [-0.25, -0.2) is 4.98 Å². The van der Waals surface area contributed by atoms with Crippen molar-refractivity contribution in [3.8, 4) is 22.8 Å². The van der Waals surface area contributed by atoms with Gasteiger partial charge in [0.1, 0.15) is 11.5 Å². The van der Waals surface area contributed by atoms with Crippen LogP contribution >= 0.6 is 11.3 Å². The number of nitrogens with zero attached hydrogens (tertiary/aromatic N) is 1. The number of ether oxygens (including phenoxy) is 2. The van der Waals surface area contributed by atoms with E-state index in [1.807, 2.05) is 47.8 Å². The molecule has 3 rings (SSSR count). The Balaban J connectivity index is 1.79. The molecule has 0 saturated carbocycles. The van der Waals surface area contributed by atoms with Crippen molar-refractivity contribution < 1.29 is 14.3 Å². The smallest absolute Gasteiger partial charge is 0.257 e. The fourth-order valence-electron chi connectivity index (χ4n) is 2.76. The van der Waals surface area contributed by atoms with E-state index in [1.54, 1.807) is 14.2 Å². The summed E-state index contributed by atoms with van der Waals surface area (Å²) < 4.78 is 10.7. The number of nitrogens with one attached hydrogen (secondary N) is 1. The summed E-state index contributed by atoms with van der Waals surface area (Å²) in [7, 11) is 3.23. The van der Waals surface area contributed by atoms with E-state index in [1.165, 1.54) is 16.9 Å². The van der Waals surface area contributed by atoms with E-state index in [9.17, 15) is 4.79 Å². The van der Waals surface area contributed by atoms with Crippen LogP contribution in [0.4, 0.5) is 5.13 Å². The number of rotatable bonds is 5. The number of hydrogen-bond acceptors (Lipinski definition) is 5. The lowest BCUT2D eigenvalue weighted by atomic mass is 9.87. The van der Waals surface area contributed by atoms with Gasteiger partial charge in [0.2, 0.25) is 0 Å². The minimum atomic E-state index is -0.182. The summed E-state index contributed by atoms with van der Waals surface area (Å²) >= 11 is 1.37. The molecule has 28 heavy (non-hydrogen) atoms. The minimum absolute atomic E-state index is 0.0506. The zero-order valence-electron chi connectivity index (χ0n) is 16.7. The lowest BCUT2D eigenvalue weighted by molar-refractivity contribution is 0.102. The van der Waals surface area contributed by atoms with Gasteiger partial charge in [-0.05, 0) is 41.3 Å². The van der Waals surface area contributed by atoms with E-state index in [0.717, 1.165) is 11.3 Å². The van der Waals surface area contributed by atoms with Crippen molar-refractivity contribution in [2.75, 3.05) is 19.5 Å². The molecule has 0 saturated heterocycles. The van der Waals surface area contributed by atoms with Crippen LogP contribution in [0.15, 0.2) is 47.8 Å². The number of carbonyl (C=O) groups is 1. The van der Waals surface area contributed by atoms with E-state index in [0.29, 0.717) is 22.2 Å². The number of amides is 1. The molecular weight excluding hydrogens is 372 g/mol. The molecule has 0 fully saturated rings. The summed E-state index contributed by atoms with van der Waals surface area (Å²) in [6, 6.07) is 13.2. The Bertz CT molecular complexity index is 972. The van der Waals surface area contributed by atoms with Gasteiger partial charge < -0.3 is 9.47 Å². The largest absolute Gasteiger partial charge is 0.497 e. The zero-order chi connectivity index (χ0) is 20.3. The van der Waals surface area contributed by atoms with Crippen LogP contribution in [0.2, 0.25) is 0 Å². The minimum Gasteiger partial charge on any atom is -0.497 e. The van der Waals surface area contributed by atoms with Crippen LogP contribution in [-0.4, -0.2) is 25.1 Å². The van der Waals surface area contributed by atoms with Gasteiger partial charge in [0.25, 0.3) is 5.91 Å². The monoisotopic (exact) mass is 396 g/mol. The van der Waals surface area contributed by atoms with Gasteiger partial charge in [-0.3, -0.25) is 10.1 Å². The number of benzene rings is 2. The second-order valence-electron chi connectivity index (χ2n) is 7.39. The topological polar surface area (TPSA) is 60.5 Å². The number of anilines is 1. The maximum atomic E-state index is 12.6. The summed E-state index contributed by atoms with van der Waals surface area (Å²) in [6.45, 7) is 6.43. The van der Waals surface area contributed by atoms with Crippen LogP contribution in [0.25, 0.3) is 11.3 Å². The third-order valence-electron chi connectivity index (χ3n) is 4.42. The Hall–Kier alpha value is -2.86. The van der Waals surface area contributed by atoms with Crippen molar-refractivity contribution in [1.29, 1.82) is 0 Å². The van der Waals surface area contributed by atoms with Crippen LogP contribution in [0.5, 0.6) is 11.5 Å². The molecule has 146 valence electrons. The lowest BCUT2D eigenvalue weighted by Gasteiger charge is -2.18. The van der Waals surface area contributed by atoms with Gasteiger partial charge in [0.05, 0.1) is 19.9 Å². The number of thiazole rings is 1. The van der Waals surface area contributed by atoms with Crippen LogP contribution in [-0.2, 0) is 5.41 Å². The molecule has 0 unspecified atom stereocenters. The Morgan fingerprint density at radius 2 is 1.75 bits per heavy atom. The van der Waals surface area contributed by atoms with E-state index >= 15 is 0 Å². The fraction of sp³-hybridized carbons (Fsp3) is 0.273. The highest BCUT2D eigenvalue weighted by atomic mass is 32.1. The first-order chi connectivity index (χ1) is 13.3. The van der Waals surface area contributed by atoms with Crippen LogP contribution in [0.3, 0.4) is 0 Å². The predicted molar refractivity (Wildman–Crippen MR) is 114 cm³/mol. The van der Waals surface area contributed by atoms with E-state index in [2.05, 4.69) is 31.1 Å². The average molecular weight is 397 g/mol. The van der Waals surface area contributed by atoms with Crippen molar-refractivity contribution in [3.63, 3.8) is 0 Å². The Labute approximate surface area is 169 Å². The molecule has 0 atom stereocenters. The highest BCUT2D eigenvalue weighted by Crippen LogP contribution is 2.35. The first kappa shape index (κ1) is 19.9. The van der Waals surface area contributed by atoms with Gasteiger partial charge in [-0.1, -0.05) is 32.9 Å². The second-order valence-corrected chi connectivity index (χ2v) is 8.24. The van der Waals surface area contributed by atoms with E-state index in [4.69, 9.17) is 9.47 Å². The molecule has 5 nitrogen and oxygen atoms in total. The van der Waals surface area contributed by atoms with Crippen molar-refractivity contribution in [2.45, 2.75) is 26.2 Å². The fourth-order valence-corrected chi connectivity index (χ4v) is 3.47. The molecule has 0 aliphatic carbocycles. The summed E-state index contributed by atoms with van der Waals surface area (Å²) in [5.41, 5.74) is 3.37. The number of carbonyl (C=O) groups excluding carboxylic acids is 1. The maximum Gasteiger partial charge on any atom is 0.257 e. The second kappa shape index (κ2) is 8.02. The first-order valence-electron chi connectivity index (χ1n) is 8.91. The van der Waals surface area contributed by atoms with Crippen molar-refractivity contribution >= 4 is 22.4 Å². The molecule has 0 bridgehead atoms. The summed E-state index contributed by atoms with van der Waals surface area (Å²) in [5.74, 6) is 1.23. The van der Waals surface area contributed by atoms with Crippen LogP contribution in [0, 0.1) is 0 Å². The van der Waals surface area contributed by atoms with Crippen molar-refractivity contribution in [1.82, 2.24) is 4.98 Å². The molecule has 3 aromatic rings. The number of methoxy groups -OCH3 is 2. The third kappa shape index (κ3) is 4.34. The molecule has 1 N–H and O–H groups in total. The zero-order valence-corrected chi connectivity index (χ0v) is 17.5. The SMILES string of the molecule is COc1ccc(OC)c(-c2csc(NC(=O)c3ccc(C(C)(C)C)cc3)n2)c1. The molecule has 0 aliphatic rings. The Kier molecular flexibility index (Phi) is 5.70. The van der Waals surface area contributed by atoms with Gasteiger partial charge in [-0.2, -0.15) is 0 Å². The van der Waals surface area contributed by atoms with Gasteiger partial charge >= 0.3 is 0 Å². The summed E-state index contributed by atoms with van der Waals surface area (Å²) in [6.07, 6.45) is 0. The molecule has 0 radical (unpaired) electrons. The molecule has 1 heterocycles. The molecule has 1 amide bonds. The average Bonchev–Trinajstić information content (AvgIpc) is 3.15. The van der Waals surface area contributed by atoms with Crippen molar-refractivity contribution in [2.24, 2.45) is 0 Å². The predicted octanol–water partition coefficient (Wildman–Crippen LogP) is 5.38. The quantitative estimate of drug-likeness (QED) is 0.629. The first-order valence-corrected chi connectivity index (χ1v) is 9.79. The number of hydrogen-bond donors (Lipinski definition) is 1.